The number of hydrogen-bond donors (Lipinski definition) is 1. The summed E-state index contributed by atoms with van der Waals surface area (Å²) in [6.07, 6.45) is -2.93. The second-order valence-electron chi connectivity index (χ2n) is 3.04. The van der Waals surface area contributed by atoms with Crippen LogP contribution in [0, 0.1) is 6.92 Å². The van der Waals surface area contributed by atoms with E-state index in [4.69, 9.17) is 5.14 Å². The molecular formula is C8H10F2N2O3S. The zero-order valence-electron chi connectivity index (χ0n) is 8.57. The minimum atomic E-state index is -4.11. The van der Waals surface area contributed by atoms with Crippen molar-refractivity contribution in [3.8, 4) is 5.75 Å². The molecule has 0 aromatic carbocycles. The highest BCUT2D eigenvalue weighted by atomic mass is 32.2. The molecule has 0 unspecified atom stereocenters. The van der Waals surface area contributed by atoms with E-state index in [1.54, 1.807) is 0 Å². The first-order chi connectivity index (χ1) is 7.27. The third-order valence-electron chi connectivity index (χ3n) is 1.86. The van der Waals surface area contributed by atoms with Crippen molar-refractivity contribution in [2.24, 2.45) is 5.14 Å². The van der Waals surface area contributed by atoms with E-state index in [-0.39, 0.29) is 11.3 Å². The lowest BCUT2D eigenvalue weighted by Crippen LogP contribution is -2.17. The highest BCUT2D eigenvalue weighted by Gasteiger charge is 2.22. The van der Waals surface area contributed by atoms with Gasteiger partial charge in [-0.05, 0) is 18.6 Å². The smallest absolute Gasteiger partial charge is 0.284 e. The summed E-state index contributed by atoms with van der Waals surface area (Å²) in [5.74, 6) is -0.167. The average molecular weight is 252 g/mol. The average Bonchev–Trinajstić information content (AvgIpc) is 2.14. The number of halogens is 2. The Morgan fingerprint density at radius 1 is 1.50 bits per heavy atom. The predicted molar refractivity (Wildman–Crippen MR) is 51.9 cm³/mol. The fraction of sp³-hybridized carbons (Fsp3) is 0.375. The van der Waals surface area contributed by atoms with Gasteiger partial charge in [-0.2, -0.15) is 0 Å². The van der Waals surface area contributed by atoms with Gasteiger partial charge in [-0.3, -0.25) is 0 Å². The van der Waals surface area contributed by atoms with E-state index in [1.807, 2.05) is 0 Å². The number of rotatable bonds is 3. The van der Waals surface area contributed by atoms with Crippen molar-refractivity contribution in [2.45, 2.75) is 18.4 Å². The summed E-state index contributed by atoms with van der Waals surface area (Å²) in [6.45, 7) is 1.39. The fourth-order valence-electron chi connectivity index (χ4n) is 1.19. The van der Waals surface area contributed by atoms with Crippen LogP contribution in [0.2, 0.25) is 0 Å². The molecule has 1 aromatic heterocycles. The van der Waals surface area contributed by atoms with Crippen molar-refractivity contribution in [1.82, 2.24) is 4.98 Å². The van der Waals surface area contributed by atoms with Gasteiger partial charge in [0.15, 0.2) is 5.03 Å². The van der Waals surface area contributed by atoms with Gasteiger partial charge in [0.1, 0.15) is 11.4 Å². The number of methoxy groups -OCH3 is 1. The molecule has 0 fully saturated rings. The highest BCUT2D eigenvalue weighted by molar-refractivity contribution is 7.89. The molecular weight excluding hydrogens is 242 g/mol. The van der Waals surface area contributed by atoms with Gasteiger partial charge in [-0.1, -0.05) is 0 Å². The number of hydrogen-bond acceptors (Lipinski definition) is 4. The zero-order valence-corrected chi connectivity index (χ0v) is 9.38. The molecule has 0 aliphatic rings. The minimum absolute atomic E-state index is 0.156. The van der Waals surface area contributed by atoms with Crippen LogP contribution in [0.15, 0.2) is 11.1 Å². The van der Waals surface area contributed by atoms with Gasteiger partial charge in [0, 0.05) is 0 Å². The Hall–Kier alpha value is -1.28. The summed E-state index contributed by atoms with van der Waals surface area (Å²) in [6, 6.07) is 1.16. The summed E-state index contributed by atoms with van der Waals surface area (Å²) in [5.41, 5.74) is -0.583. The maximum Gasteiger partial charge on any atom is 0.284 e. The van der Waals surface area contributed by atoms with Crippen LogP contribution in [0.3, 0.4) is 0 Å². The standard InChI is InChI=1S/C8H10F2N2O3S/c1-4-3-5(15-2)6(7(9)10)12-8(4)16(11,13)14/h3,7H,1-2H3,(H2,11,13,14). The minimum Gasteiger partial charge on any atom is -0.495 e. The maximum absolute atomic E-state index is 12.5. The fourth-order valence-corrected chi connectivity index (χ4v) is 1.93. The van der Waals surface area contributed by atoms with E-state index in [1.165, 1.54) is 14.0 Å². The first kappa shape index (κ1) is 12.8. The molecule has 90 valence electrons. The molecule has 2 N–H and O–H groups in total. The highest BCUT2D eigenvalue weighted by Crippen LogP contribution is 2.29. The van der Waals surface area contributed by atoms with Crippen LogP contribution >= 0.6 is 0 Å². The first-order valence-corrected chi connectivity index (χ1v) is 5.68. The van der Waals surface area contributed by atoms with Crippen LogP contribution in [0.4, 0.5) is 8.78 Å². The molecule has 1 rings (SSSR count). The van der Waals surface area contributed by atoms with Gasteiger partial charge in [0.2, 0.25) is 0 Å². The number of sulfonamides is 1. The molecule has 5 nitrogen and oxygen atoms in total. The van der Waals surface area contributed by atoms with Crippen molar-refractivity contribution in [3.63, 3.8) is 0 Å². The summed E-state index contributed by atoms with van der Waals surface area (Å²) >= 11 is 0. The number of nitrogens with zero attached hydrogens (tertiary/aromatic N) is 1. The van der Waals surface area contributed by atoms with Crippen LogP contribution in [0.5, 0.6) is 5.75 Å². The third-order valence-corrected chi connectivity index (χ3v) is 2.81. The van der Waals surface area contributed by atoms with E-state index in [2.05, 4.69) is 9.72 Å². The van der Waals surface area contributed by atoms with E-state index in [0.717, 1.165) is 6.07 Å². The number of primary sulfonamides is 1. The van der Waals surface area contributed by atoms with Crippen molar-refractivity contribution in [1.29, 1.82) is 0 Å². The number of aromatic nitrogens is 1. The Morgan fingerprint density at radius 3 is 2.44 bits per heavy atom. The molecule has 0 aliphatic carbocycles. The molecule has 0 amide bonds. The third kappa shape index (κ3) is 2.45. The molecule has 0 spiro atoms. The van der Waals surface area contributed by atoms with Crippen LogP contribution in [-0.2, 0) is 10.0 Å². The number of alkyl halides is 2. The Labute approximate surface area is 91.3 Å². The van der Waals surface area contributed by atoms with Crippen LogP contribution < -0.4 is 9.88 Å². The van der Waals surface area contributed by atoms with E-state index < -0.39 is 27.2 Å². The maximum atomic E-state index is 12.5. The van der Waals surface area contributed by atoms with Gasteiger partial charge < -0.3 is 4.74 Å². The molecule has 8 heteroatoms. The lowest BCUT2D eigenvalue weighted by Gasteiger charge is -2.10. The normalized spacial score (nSPS) is 11.9. The molecule has 0 atom stereocenters. The molecule has 0 saturated carbocycles. The molecule has 1 aromatic rings. The number of ether oxygens (including phenoxy) is 1. The second kappa shape index (κ2) is 4.30. The zero-order chi connectivity index (χ0) is 12.5. The van der Waals surface area contributed by atoms with Crippen molar-refractivity contribution in [3.05, 3.63) is 17.3 Å². The summed E-state index contributed by atoms with van der Waals surface area (Å²) in [4.78, 5) is 3.33. The Kier molecular flexibility index (Phi) is 3.44. The monoisotopic (exact) mass is 252 g/mol. The second-order valence-corrected chi connectivity index (χ2v) is 4.52. The van der Waals surface area contributed by atoms with Gasteiger partial charge in [-0.25, -0.2) is 27.3 Å². The summed E-state index contributed by atoms with van der Waals surface area (Å²) < 4.78 is 51.9. The molecule has 0 bridgehead atoms. The lowest BCUT2D eigenvalue weighted by molar-refractivity contribution is 0.140. The van der Waals surface area contributed by atoms with Gasteiger partial charge in [-0.15, -0.1) is 0 Å². The number of pyridine rings is 1. The van der Waals surface area contributed by atoms with Crippen molar-refractivity contribution >= 4 is 10.0 Å². The van der Waals surface area contributed by atoms with Crippen LogP contribution in [-0.4, -0.2) is 20.5 Å². The number of aryl methyl sites for hydroxylation is 1. The molecule has 1 heterocycles. The topological polar surface area (TPSA) is 82.3 Å². The summed E-state index contributed by atoms with van der Waals surface area (Å²) in [5, 5.41) is 4.28. The predicted octanol–water partition coefficient (Wildman–Crippen LogP) is 0.984. The lowest BCUT2D eigenvalue weighted by atomic mass is 10.2. The van der Waals surface area contributed by atoms with Gasteiger partial charge in [0.25, 0.3) is 16.4 Å². The van der Waals surface area contributed by atoms with Crippen LogP contribution in [0.25, 0.3) is 0 Å². The Morgan fingerprint density at radius 2 is 2.06 bits per heavy atom. The van der Waals surface area contributed by atoms with Crippen molar-refractivity contribution in [2.75, 3.05) is 7.11 Å². The van der Waals surface area contributed by atoms with E-state index >= 15 is 0 Å². The SMILES string of the molecule is COc1cc(C)c(S(N)(=O)=O)nc1C(F)F. The van der Waals surface area contributed by atoms with Crippen LogP contribution in [0.1, 0.15) is 17.7 Å². The summed E-state index contributed by atoms with van der Waals surface area (Å²) in [7, 11) is -2.92. The van der Waals surface area contributed by atoms with Crippen molar-refractivity contribution < 1.29 is 21.9 Å². The number of nitrogens with two attached hydrogens (primary N) is 1. The Balaban J connectivity index is 3.52. The first-order valence-electron chi connectivity index (χ1n) is 4.14. The van der Waals surface area contributed by atoms with Gasteiger partial charge in [0.05, 0.1) is 7.11 Å². The quantitative estimate of drug-likeness (QED) is 0.869. The molecule has 0 saturated heterocycles. The van der Waals surface area contributed by atoms with E-state index in [0.29, 0.717) is 0 Å². The largest absolute Gasteiger partial charge is 0.495 e. The molecule has 0 aliphatic heterocycles. The molecule has 0 radical (unpaired) electrons. The molecule has 16 heavy (non-hydrogen) atoms. The van der Waals surface area contributed by atoms with Gasteiger partial charge >= 0.3 is 0 Å². The van der Waals surface area contributed by atoms with E-state index in [9.17, 15) is 17.2 Å². The Bertz CT molecular complexity index is 502.